The van der Waals surface area contributed by atoms with Crippen molar-refractivity contribution < 1.29 is 9.53 Å². The van der Waals surface area contributed by atoms with Gasteiger partial charge in [-0.3, -0.25) is 4.79 Å². The Morgan fingerprint density at radius 3 is 2.86 bits per heavy atom. The van der Waals surface area contributed by atoms with Crippen molar-refractivity contribution >= 4 is 33.6 Å². The number of carbonyl (C=O) groups is 1. The van der Waals surface area contributed by atoms with Gasteiger partial charge in [-0.2, -0.15) is 9.61 Å². The summed E-state index contributed by atoms with van der Waals surface area (Å²) in [5.74, 6) is 0.304. The minimum Gasteiger partial charge on any atom is -0.454 e. The summed E-state index contributed by atoms with van der Waals surface area (Å²) in [5, 5.41) is 4.76. The molecule has 1 aliphatic rings. The lowest BCUT2D eigenvalue weighted by Gasteiger charge is -2.33. The van der Waals surface area contributed by atoms with Crippen LogP contribution in [0.1, 0.15) is 58.0 Å². The zero-order valence-corrected chi connectivity index (χ0v) is 18.1. The Hall–Kier alpha value is -2.06. The zero-order chi connectivity index (χ0) is 20.1. The summed E-state index contributed by atoms with van der Waals surface area (Å²) in [6.07, 6.45) is 3.22. The molecule has 0 spiro atoms. The van der Waals surface area contributed by atoms with Crippen molar-refractivity contribution in [3.63, 3.8) is 0 Å². The van der Waals surface area contributed by atoms with Gasteiger partial charge in [-0.1, -0.05) is 32.1 Å². The average Bonchev–Trinajstić information content (AvgIpc) is 3.21. The van der Waals surface area contributed by atoms with Gasteiger partial charge in [-0.05, 0) is 49.1 Å². The van der Waals surface area contributed by atoms with Gasteiger partial charge in [-0.25, -0.2) is 9.78 Å². The number of rotatable bonds is 3. The number of aryl methyl sites for hydroxylation is 2. The van der Waals surface area contributed by atoms with Gasteiger partial charge in [0.1, 0.15) is 11.5 Å². The molecule has 0 aliphatic heterocycles. The number of thiophene rings is 1. The summed E-state index contributed by atoms with van der Waals surface area (Å²) in [5.41, 5.74) is 1.98. The van der Waals surface area contributed by atoms with Gasteiger partial charge >= 0.3 is 5.97 Å². The molecule has 148 valence electrons. The van der Waals surface area contributed by atoms with E-state index in [1.165, 1.54) is 38.8 Å². The van der Waals surface area contributed by atoms with Gasteiger partial charge in [0.2, 0.25) is 4.96 Å². The maximum absolute atomic E-state index is 12.5. The first-order chi connectivity index (χ1) is 13.2. The molecular weight excluding hydrogens is 394 g/mol. The quantitative estimate of drug-likeness (QED) is 0.602. The van der Waals surface area contributed by atoms with Crippen LogP contribution in [-0.2, 0) is 24.2 Å². The lowest BCUT2D eigenvalue weighted by atomic mass is 9.72. The molecule has 0 bridgehead atoms. The third-order valence-corrected chi connectivity index (χ3v) is 7.35. The van der Waals surface area contributed by atoms with Crippen molar-refractivity contribution in [2.45, 2.75) is 53.6 Å². The highest BCUT2D eigenvalue weighted by Gasteiger charge is 2.30. The fraction of sp³-hybridized carbons (Fsp3) is 0.500. The molecule has 1 atom stereocenters. The van der Waals surface area contributed by atoms with Crippen LogP contribution in [-0.4, -0.2) is 20.6 Å². The Labute approximate surface area is 171 Å². The number of nitrogens with zero attached hydrogens (tertiary/aromatic N) is 3. The molecular formula is C20H23N3O3S2. The molecule has 0 saturated heterocycles. The molecule has 0 radical (unpaired) electrons. The molecule has 1 aliphatic carbocycles. The van der Waals surface area contributed by atoms with Crippen LogP contribution in [0.4, 0.5) is 0 Å². The first kappa shape index (κ1) is 19.3. The van der Waals surface area contributed by atoms with Crippen LogP contribution in [0.15, 0.2) is 16.9 Å². The SMILES string of the molecule is Cc1cc(=O)n2nc(COC(=O)c3cc4c(s3)CC[C@H](C(C)(C)C)C4)sc2n1. The maximum Gasteiger partial charge on any atom is 0.348 e. The van der Waals surface area contributed by atoms with E-state index in [2.05, 4.69) is 30.9 Å². The van der Waals surface area contributed by atoms with E-state index in [0.717, 1.165) is 12.8 Å². The predicted octanol–water partition coefficient (Wildman–Crippen LogP) is 4.03. The molecule has 3 aromatic heterocycles. The van der Waals surface area contributed by atoms with Crippen LogP contribution in [0.25, 0.3) is 4.96 Å². The van der Waals surface area contributed by atoms with E-state index >= 15 is 0 Å². The van der Waals surface area contributed by atoms with Crippen LogP contribution < -0.4 is 5.56 Å². The van der Waals surface area contributed by atoms with Crippen LogP contribution in [0, 0.1) is 18.3 Å². The van der Waals surface area contributed by atoms with Gasteiger partial charge in [0, 0.05) is 16.6 Å². The van der Waals surface area contributed by atoms with E-state index in [4.69, 9.17) is 4.74 Å². The average molecular weight is 418 g/mol. The molecule has 3 aromatic rings. The number of hydrogen-bond donors (Lipinski definition) is 0. The molecule has 0 unspecified atom stereocenters. The van der Waals surface area contributed by atoms with E-state index in [1.54, 1.807) is 18.3 Å². The molecule has 0 fully saturated rings. The number of fused-ring (bicyclic) bond motifs is 2. The second-order valence-electron chi connectivity index (χ2n) is 8.37. The van der Waals surface area contributed by atoms with Crippen molar-refractivity contribution in [3.8, 4) is 0 Å². The highest BCUT2D eigenvalue weighted by Crippen LogP contribution is 2.40. The molecule has 0 aromatic carbocycles. The molecule has 28 heavy (non-hydrogen) atoms. The number of hydrogen-bond acceptors (Lipinski definition) is 7. The molecule has 0 saturated carbocycles. The molecule has 8 heteroatoms. The number of aromatic nitrogens is 3. The summed E-state index contributed by atoms with van der Waals surface area (Å²) in [7, 11) is 0. The van der Waals surface area contributed by atoms with E-state index in [1.807, 2.05) is 6.07 Å². The Balaban J connectivity index is 1.46. The topological polar surface area (TPSA) is 73.6 Å². The van der Waals surface area contributed by atoms with Gasteiger partial charge in [0.25, 0.3) is 5.56 Å². The summed E-state index contributed by atoms with van der Waals surface area (Å²) in [6.45, 7) is 8.65. The number of esters is 1. The van der Waals surface area contributed by atoms with Crippen LogP contribution in [0.5, 0.6) is 0 Å². The second-order valence-corrected chi connectivity index (χ2v) is 10.5. The number of carbonyl (C=O) groups excluding carboxylic acids is 1. The Morgan fingerprint density at radius 1 is 1.32 bits per heavy atom. The Morgan fingerprint density at radius 2 is 2.11 bits per heavy atom. The smallest absolute Gasteiger partial charge is 0.348 e. The van der Waals surface area contributed by atoms with E-state index < -0.39 is 0 Å². The standard InChI is InChI=1S/C20H23N3O3S2/c1-11-7-17(24)23-19(21-11)28-16(22-23)10-26-18(25)15-9-12-8-13(20(2,3)4)5-6-14(12)27-15/h7,9,13H,5-6,8,10H2,1-4H3/t13-/m0/s1. The summed E-state index contributed by atoms with van der Waals surface area (Å²) in [4.78, 5) is 31.2. The molecule has 0 N–H and O–H groups in total. The monoisotopic (exact) mass is 417 g/mol. The predicted molar refractivity (Wildman–Crippen MR) is 110 cm³/mol. The van der Waals surface area contributed by atoms with Gasteiger partial charge in [0.15, 0.2) is 5.01 Å². The largest absolute Gasteiger partial charge is 0.454 e. The maximum atomic E-state index is 12.5. The van der Waals surface area contributed by atoms with Gasteiger partial charge in [0.05, 0.1) is 0 Å². The van der Waals surface area contributed by atoms with E-state index in [9.17, 15) is 9.59 Å². The Kier molecular flexibility index (Phi) is 4.87. The minimum absolute atomic E-state index is 0.0402. The van der Waals surface area contributed by atoms with Crippen molar-refractivity contribution in [1.29, 1.82) is 0 Å². The molecule has 0 amide bonds. The lowest BCUT2D eigenvalue weighted by molar-refractivity contribution is 0.0477. The van der Waals surface area contributed by atoms with E-state index in [0.29, 0.717) is 26.5 Å². The second kappa shape index (κ2) is 7.08. The van der Waals surface area contributed by atoms with Crippen LogP contribution >= 0.6 is 22.7 Å². The summed E-state index contributed by atoms with van der Waals surface area (Å²) < 4.78 is 6.71. The molecule has 6 nitrogen and oxygen atoms in total. The van der Waals surface area contributed by atoms with E-state index in [-0.39, 0.29) is 23.6 Å². The fourth-order valence-corrected chi connectivity index (χ4v) is 5.54. The number of ether oxygens (including phenoxy) is 1. The third-order valence-electron chi connectivity index (χ3n) is 5.25. The summed E-state index contributed by atoms with van der Waals surface area (Å²) in [6, 6.07) is 3.43. The first-order valence-corrected chi connectivity index (χ1v) is 11.0. The molecule has 4 rings (SSSR count). The van der Waals surface area contributed by atoms with Gasteiger partial charge in [-0.15, -0.1) is 11.3 Å². The van der Waals surface area contributed by atoms with Crippen molar-refractivity contribution in [2.24, 2.45) is 11.3 Å². The van der Waals surface area contributed by atoms with Gasteiger partial charge < -0.3 is 4.74 Å². The van der Waals surface area contributed by atoms with Crippen LogP contribution in [0.2, 0.25) is 0 Å². The first-order valence-electron chi connectivity index (χ1n) is 9.36. The van der Waals surface area contributed by atoms with Crippen molar-refractivity contribution in [2.75, 3.05) is 0 Å². The van der Waals surface area contributed by atoms with Crippen LogP contribution in [0.3, 0.4) is 0 Å². The Bertz CT molecular complexity index is 1100. The highest BCUT2D eigenvalue weighted by molar-refractivity contribution is 7.16. The van der Waals surface area contributed by atoms with Crippen molar-refractivity contribution in [1.82, 2.24) is 14.6 Å². The lowest BCUT2D eigenvalue weighted by Crippen LogP contribution is -2.26. The fourth-order valence-electron chi connectivity index (χ4n) is 3.58. The summed E-state index contributed by atoms with van der Waals surface area (Å²) >= 11 is 2.80. The highest BCUT2D eigenvalue weighted by atomic mass is 32.1. The molecule has 3 heterocycles. The van der Waals surface area contributed by atoms with Crippen molar-refractivity contribution in [3.05, 3.63) is 48.5 Å². The third kappa shape index (κ3) is 3.75. The zero-order valence-electron chi connectivity index (χ0n) is 16.4. The minimum atomic E-state index is -0.331. The normalized spacial score (nSPS) is 16.9.